The van der Waals surface area contributed by atoms with Gasteiger partial charge in [-0.1, -0.05) is 35.5 Å². The van der Waals surface area contributed by atoms with Crippen molar-refractivity contribution in [2.75, 3.05) is 5.32 Å². The number of benzene rings is 2. The minimum absolute atomic E-state index is 0.0572. The van der Waals surface area contributed by atoms with Crippen LogP contribution in [0, 0.1) is 12.7 Å². The smallest absolute Gasteiger partial charge is 0.228 e. The third kappa shape index (κ3) is 5.97. The Morgan fingerprint density at radius 3 is 2.67 bits per heavy atom. The molecule has 0 fully saturated rings. The summed E-state index contributed by atoms with van der Waals surface area (Å²) in [6, 6.07) is 13.1. The van der Waals surface area contributed by atoms with Crippen molar-refractivity contribution in [1.82, 2.24) is 15.5 Å². The van der Waals surface area contributed by atoms with Gasteiger partial charge in [-0.05, 0) is 43.2 Å². The summed E-state index contributed by atoms with van der Waals surface area (Å²) in [6.45, 7) is 3.58. The van der Waals surface area contributed by atoms with Gasteiger partial charge in [-0.2, -0.15) is 4.98 Å². The number of nitrogens with one attached hydrogen (secondary N) is 2. The van der Waals surface area contributed by atoms with E-state index in [9.17, 15) is 14.0 Å². The summed E-state index contributed by atoms with van der Waals surface area (Å²) in [7, 11) is 0. The monoisotopic (exact) mass is 410 g/mol. The van der Waals surface area contributed by atoms with Crippen molar-refractivity contribution in [3.8, 4) is 0 Å². The second-order valence-electron chi connectivity index (χ2n) is 6.97. The molecule has 7 nitrogen and oxygen atoms in total. The van der Waals surface area contributed by atoms with Gasteiger partial charge in [0.15, 0.2) is 5.82 Å². The third-order valence-corrected chi connectivity index (χ3v) is 4.49. The van der Waals surface area contributed by atoms with E-state index < -0.39 is 5.82 Å². The Kier molecular flexibility index (Phi) is 6.90. The Bertz CT molecular complexity index is 1030. The van der Waals surface area contributed by atoms with Crippen molar-refractivity contribution in [2.24, 2.45) is 0 Å². The number of aryl methyl sites for hydroxylation is 2. The van der Waals surface area contributed by atoms with Crippen molar-refractivity contribution in [2.45, 2.75) is 39.2 Å². The molecule has 2 aromatic carbocycles. The molecule has 2 N–H and O–H groups in total. The summed E-state index contributed by atoms with van der Waals surface area (Å²) in [4.78, 5) is 28.5. The summed E-state index contributed by atoms with van der Waals surface area (Å²) >= 11 is 0. The maximum absolute atomic E-state index is 13.7. The predicted octanol–water partition coefficient (Wildman–Crippen LogP) is 3.51. The molecule has 0 aliphatic rings. The van der Waals surface area contributed by atoms with Crippen molar-refractivity contribution in [1.29, 1.82) is 0 Å². The average molecular weight is 410 g/mol. The maximum Gasteiger partial charge on any atom is 0.228 e. The molecule has 0 aliphatic carbocycles. The fraction of sp³-hybridized carbons (Fsp3) is 0.273. The van der Waals surface area contributed by atoms with E-state index >= 15 is 0 Å². The van der Waals surface area contributed by atoms with Gasteiger partial charge in [0, 0.05) is 18.5 Å². The van der Waals surface area contributed by atoms with E-state index in [1.807, 2.05) is 13.0 Å². The van der Waals surface area contributed by atoms with Gasteiger partial charge < -0.3 is 15.2 Å². The third-order valence-electron chi connectivity index (χ3n) is 4.49. The van der Waals surface area contributed by atoms with E-state index in [1.54, 1.807) is 43.3 Å². The number of anilines is 1. The molecule has 0 radical (unpaired) electrons. The Morgan fingerprint density at radius 1 is 1.13 bits per heavy atom. The lowest BCUT2D eigenvalue weighted by molar-refractivity contribution is -0.121. The Morgan fingerprint density at radius 2 is 1.93 bits per heavy atom. The quantitative estimate of drug-likeness (QED) is 0.592. The first-order chi connectivity index (χ1) is 14.4. The summed E-state index contributed by atoms with van der Waals surface area (Å²) in [5.41, 5.74) is 1.75. The van der Waals surface area contributed by atoms with Crippen LogP contribution >= 0.6 is 0 Å². The molecule has 0 bridgehead atoms. The second-order valence-corrected chi connectivity index (χ2v) is 6.97. The van der Waals surface area contributed by atoms with Gasteiger partial charge >= 0.3 is 0 Å². The summed E-state index contributed by atoms with van der Waals surface area (Å²) in [5.74, 6) is 0.0899. The van der Waals surface area contributed by atoms with Crippen LogP contribution in [-0.4, -0.2) is 22.0 Å². The number of carbonyl (C=O) groups excluding carboxylic acids is 2. The van der Waals surface area contributed by atoms with Crippen LogP contribution in [0.5, 0.6) is 0 Å². The lowest BCUT2D eigenvalue weighted by Crippen LogP contribution is -2.27. The van der Waals surface area contributed by atoms with Gasteiger partial charge in [-0.25, -0.2) is 4.39 Å². The molecule has 0 saturated heterocycles. The SMILES string of the molecule is Cc1noc(CCC(=O)NC(C)c2cccc(NC(=O)Cc3ccccc3F)c2)n1. The Hall–Kier alpha value is -3.55. The van der Waals surface area contributed by atoms with Crippen LogP contribution in [0.2, 0.25) is 0 Å². The number of nitrogens with zero attached hydrogens (tertiary/aromatic N) is 2. The maximum atomic E-state index is 13.7. The predicted molar refractivity (Wildman–Crippen MR) is 109 cm³/mol. The summed E-state index contributed by atoms with van der Waals surface area (Å²) in [6.07, 6.45) is 0.537. The molecule has 1 heterocycles. The minimum Gasteiger partial charge on any atom is -0.350 e. The largest absolute Gasteiger partial charge is 0.350 e. The highest BCUT2D eigenvalue weighted by Crippen LogP contribution is 2.18. The highest BCUT2D eigenvalue weighted by molar-refractivity contribution is 5.92. The second kappa shape index (κ2) is 9.78. The zero-order valence-electron chi connectivity index (χ0n) is 16.8. The molecular formula is C22H23FN4O3. The van der Waals surface area contributed by atoms with E-state index in [1.165, 1.54) is 6.07 Å². The highest BCUT2D eigenvalue weighted by Gasteiger charge is 2.13. The first kappa shape index (κ1) is 21.2. The number of amides is 2. The van der Waals surface area contributed by atoms with Crippen molar-refractivity contribution >= 4 is 17.5 Å². The number of aromatic nitrogens is 2. The standard InChI is InChI=1S/C22H23FN4O3/c1-14(24-20(28)10-11-22-25-15(2)27-30-22)16-7-5-8-18(12-16)26-21(29)13-17-6-3-4-9-19(17)23/h3-9,12,14H,10-11,13H2,1-2H3,(H,24,28)(H,26,29). The number of hydrogen-bond acceptors (Lipinski definition) is 5. The lowest BCUT2D eigenvalue weighted by atomic mass is 10.1. The molecule has 1 aromatic heterocycles. The molecule has 30 heavy (non-hydrogen) atoms. The number of rotatable bonds is 8. The van der Waals surface area contributed by atoms with Gasteiger partial charge in [0.25, 0.3) is 0 Å². The Balaban J connectivity index is 1.54. The molecule has 1 unspecified atom stereocenters. The van der Waals surface area contributed by atoms with Crippen LogP contribution in [0.1, 0.15) is 42.2 Å². The molecule has 3 aromatic rings. The fourth-order valence-electron chi connectivity index (χ4n) is 2.96. The van der Waals surface area contributed by atoms with Gasteiger partial charge in [-0.15, -0.1) is 0 Å². The number of carbonyl (C=O) groups is 2. The number of hydrogen-bond donors (Lipinski definition) is 2. The van der Waals surface area contributed by atoms with Crippen LogP contribution in [-0.2, 0) is 22.4 Å². The fourth-order valence-corrected chi connectivity index (χ4v) is 2.96. The van der Waals surface area contributed by atoms with Gasteiger partial charge in [0.2, 0.25) is 17.7 Å². The van der Waals surface area contributed by atoms with E-state index in [4.69, 9.17) is 4.52 Å². The van der Waals surface area contributed by atoms with E-state index in [0.29, 0.717) is 29.4 Å². The zero-order valence-corrected chi connectivity index (χ0v) is 16.8. The van der Waals surface area contributed by atoms with Crippen molar-refractivity contribution < 1.29 is 18.5 Å². The van der Waals surface area contributed by atoms with E-state index in [0.717, 1.165) is 5.56 Å². The molecule has 156 valence electrons. The first-order valence-electron chi connectivity index (χ1n) is 9.62. The summed E-state index contributed by atoms with van der Waals surface area (Å²) < 4.78 is 18.7. The van der Waals surface area contributed by atoms with E-state index in [-0.39, 0.29) is 30.7 Å². The van der Waals surface area contributed by atoms with E-state index in [2.05, 4.69) is 20.8 Å². The van der Waals surface area contributed by atoms with Crippen LogP contribution < -0.4 is 10.6 Å². The normalized spacial score (nSPS) is 11.7. The molecule has 0 aliphatic heterocycles. The van der Waals surface area contributed by atoms with Crippen LogP contribution in [0.15, 0.2) is 53.1 Å². The number of halogens is 1. The minimum atomic E-state index is -0.409. The molecule has 0 saturated carbocycles. The van der Waals surface area contributed by atoms with Gasteiger partial charge in [0.05, 0.1) is 12.5 Å². The van der Waals surface area contributed by atoms with Gasteiger partial charge in [0.1, 0.15) is 5.82 Å². The average Bonchev–Trinajstić information content (AvgIpc) is 3.13. The van der Waals surface area contributed by atoms with Crippen molar-refractivity contribution in [3.05, 3.63) is 77.2 Å². The zero-order chi connectivity index (χ0) is 21.5. The lowest BCUT2D eigenvalue weighted by Gasteiger charge is -2.15. The van der Waals surface area contributed by atoms with Gasteiger partial charge in [-0.3, -0.25) is 9.59 Å². The molecule has 2 amide bonds. The van der Waals surface area contributed by atoms with Crippen LogP contribution in [0.3, 0.4) is 0 Å². The topological polar surface area (TPSA) is 97.1 Å². The molecule has 0 spiro atoms. The molecule has 1 atom stereocenters. The molecule has 3 rings (SSSR count). The van der Waals surface area contributed by atoms with Crippen molar-refractivity contribution in [3.63, 3.8) is 0 Å². The van der Waals surface area contributed by atoms with Crippen LogP contribution in [0.25, 0.3) is 0 Å². The Labute approximate surface area is 173 Å². The van der Waals surface area contributed by atoms with Crippen LogP contribution in [0.4, 0.5) is 10.1 Å². The summed E-state index contributed by atoms with van der Waals surface area (Å²) in [5, 5.41) is 9.37. The highest BCUT2D eigenvalue weighted by atomic mass is 19.1. The first-order valence-corrected chi connectivity index (χ1v) is 9.62. The molecular weight excluding hydrogens is 387 g/mol. The molecule has 8 heteroatoms.